The molecule has 5 fully saturated rings. The van der Waals surface area contributed by atoms with Crippen LogP contribution in [-0.2, 0) is 22.6 Å². The van der Waals surface area contributed by atoms with Crippen LogP contribution < -0.4 is 20.5 Å². The van der Waals surface area contributed by atoms with Gasteiger partial charge in [0.1, 0.15) is 29.6 Å². The highest BCUT2D eigenvalue weighted by Gasteiger charge is 2.60. The molecule has 0 saturated carbocycles. The number of hydrogen-bond acceptors (Lipinski definition) is 10. The molecule has 50 heavy (non-hydrogen) atoms. The molecule has 262 valence electrons. The number of alkyl halides is 1. The van der Waals surface area contributed by atoms with Crippen LogP contribution in [0.15, 0.2) is 35.1 Å². The summed E-state index contributed by atoms with van der Waals surface area (Å²) in [4.78, 5) is 28.8. The number of aromatic hydroxyl groups is 1. The van der Waals surface area contributed by atoms with E-state index in [0.29, 0.717) is 67.8 Å². The van der Waals surface area contributed by atoms with Gasteiger partial charge in [-0.25, -0.2) is 8.78 Å². The number of aryl methyl sites for hydroxylation is 1. The zero-order chi connectivity index (χ0) is 33.9. The summed E-state index contributed by atoms with van der Waals surface area (Å²) >= 11 is 0. The topological polar surface area (TPSA) is 114 Å². The number of aromatic nitrogens is 3. The molecule has 3 unspecified atom stereocenters. The largest absolute Gasteiger partial charge is 0.508 e. The van der Waals surface area contributed by atoms with Gasteiger partial charge in [0.15, 0.2) is 11.6 Å². The second kappa shape index (κ2) is 11.0. The molecule has 11 nitrogen and oxygen atoms in total. The molecule has 8 heterocycles. The maximum atomic E-state index is 17.4. The summed E-state index contributed by atoms with van der Waals surface area (Å²) in [5, 5.41) is 15.9. The summed E-state index contributed by atoms with van der Waals surface area (Å²) in [5.41, 5.74) is 0.204. The lowest BCUT2D eigenvalue weighted by Crippen LogP contribution is -2.58. The average molecular weight is 687 g/mol. The van der Waals surface area contributed by atoms with Gasteiger partial charge in [0.25, 0.3) is 5.56 Å². The lowest BCUT2D eigenvalue weighted by atomic mass is 9.78. The van der Waals surface area contributed by atoms with Crippen LogP contribution in [0.5, 0.6) is 11.8 Å². The number of anilines is 1. The number of nitrogens with zero attached hydrogens (tertiary/aromatic N) is 5. The van der Waals surface area contributed by atoms with Gasteiger partial charge in [-0.15, -0.1) is 0 Å². The standard InChI is InChI=1S/C37H40F2N6O5/c1-48-14-21-4-2-3-20-9-24(46)10-25(28(20)21)29-30(39)31-32-33(45-13-23-5-6-26(40-23)27(45)7-8-44(32)34(29)47)42-35(41-31)50-19-37-11-22(38)12-43(37)16-36(15-37)17-49-18-36/h2-4,9-10,22-23,26-27,40,46H,5-8,11-19H2,1H3/t22-,23?,26?,27?,37-/m1/s1. The molecule has 10 rings (SSSR count). The van der Waals surface area contributed by atoms with E-state index in [1.807, 2.05) is 18.2 Å². The molecule has 6 aliphatic rings. The van der Waals surface area contributed by atoms with Crippen LogP contribution in [0.3, 0.4) is 0 Å². The zero-order valence-corrected chi connectivity index (χ0v) is 28.0. The molecule has 4 aromatic rings. The van der Waals surface area contributed by atoms with E-state index >= 15 is 4.39 Å². The van der Waals surface area contributed by atoms with E-state index in [2.05, 4.69) is 15.1 Å². The highest BCUT2D eigenvalue weighted by Crippen LogP contribution is 2.52. The number of pyridine rings is 1. The van der Waals surface area contributed by atoms with Gasteiger partial charge in [-0.3, -0.25) is 9.69 Å². The third-order valence-corrected chi connectivity index (χ3v) is 12.3. The molecule has 2 bridgehead atoms. The molecule has 0 radical (unpaired) electrons. The minimum Gasteiger partial charge on any atom is -0.508 e. The highest BCUT2D eigenvalue weighted by atomic mass is 19.1. The second-order valence-electron chi connectivity index (χ2n) is 15.5. The van der Waals surface area contributed by atoms with Gasteiger partial charge in [0.05, 0.1) is 30.9 Å². The summed E-state index contributed by atoms with van der Waals surface area (Å²) in [6, 6.07) is 9.14. The van der Waals surface area contributed by atoms with E-state index in [1.165, 1.54) is 6.07 Å². The Hall–Kier alpha value is -3.91. The molecule has 0 aliphatic carbocycles. The number of ether oxygens (including phenoxy) is 3. The van der Waals surface area contributed by atoms with Crippen LogP contribution >= 0.6 is 0 Å². The predicted octanol–water partition coefficient (Wildman–Crippen LogP) is 3.90. The fraction of sp³-hybridized carbons (Fsp3) is 0.541. The maximum absolute atomic E-state index is 17.4. The molecule has 5 atom stereocenters. The summed E-state index contributed by atoms with van der Waals surface area (Å²) in [6.45, 7) is 3.87. The van der Waals surface area contributed by atoms with Gasteiger partial charge in [0, 0.05) is 68.8 Å². The quantitative estimate of drug-likeness (QED) is 0.310. The average Bonchev–Trinajstić information content (AvgIpc) is 3.68. The van der Waals surface area contributed by atoms with Crippen molar-refractivity contribution in [2.45, 2.75) is 75.1 Å². The fourth-order valence-electron chi connectivity index (χ4n) is 10.3. The predicted molar refractivity (Wildman–Crippen MR) is 182 cm³/mol. The van der Waals surface area contributed by atoms with Crippen molar-refractivity contribution in [1.29, 1.82) is 0 Å². The van der Waals surface area contributed by atoms with E-state index in [4.69, 9.17) is 24.2 Å². The molecule has 2 aromatic heterocycles. The Morgan fingerprint density at radius 3 is 2.86 bits per heavy atom. The van der Waals surface area contributed by atoms with E-state index in [0.717, 1.165) is 31.4 Å². The van der Waals surface area contributed by atoms with Crippen molar-refractivity contribution in [3.05, 3.63) is 52.1 Å². The highest BCUT2D eigenvalue weighted by molar-refractivity contribution is 6.02. The third kappa shape index (κ3) is 4.49. The molecular formula is C37H40F2N6O5. The number of phenols is 1. The van der Waals surface area contributed by atoms with Gasteiger partial charge in [-0.1, -0.05) is 18.2 Å². The molecule has 6 aliphatic heterocycles. The SMILES string of the molecule is COCc1cccc2cc(O)cc(-c3c(F)c4nc(OC[C@]56C[C@@H](F)CN5CC5(COC5)C6)nc5c4n(c3=O)CCC3C4CCC(CN53)N4)c12. The monoisotopic (exact) mass is 686 g/mol. The van der Waals surface area contributed by atoms with E-state index in [-0.39, 0.29) is 65.2 Å². The van der Waals surface area contributed by atoms with Crippen LogP contribution in [0.2, 0.25) is 0 Å². The Kier molecular flexibility index (Phi) is 6.82. The minimum absolute atomic E-state index is 0.00766. The Bertz CT molecular complexity index is 2120. The molecular weight excluding hydrogens is 646 g/mol. The van der Waals surface area contributed by atoms with E-state index in [1.54, 1.807) is 17.7 Å². The lowest BCUT2D eigenvalue weighted by molar-refractivity contribution is -0.108. The summed E-state index contributed by atoms with van der Waals surface area (Å²) in [7, 11) is 1.58. The van der Waals surface area contributed by atoms with Crippen molar-refractivity contribution >= 4 is 27.6 Å². The number of methoxy groups -OCH3 is 1. The van der Waals surface area contributed by atoms with Gasteiger partial charge in [0.2, 0.25) is 0 Å². The lowest BCUT2D eigenvalue weighted by Gasteiger charge is -2.41. The third-order valence-electron chi connectivity index (χ3n) is 12.3. The smallest absolute Gasteiger partial charge is 0.319 e. The molecule has 5 saturated heterocycles. The summed E-state index contributed by atoms with van der Waals surface area (Å²) in [5.74, 6) is -0.378. The number of nitrogens with one attached hydrogen (secondary N) is 1. The number of phenolic OH excluding ortho intramolecular Hbond substituents is 1. The normalized spacial score (nSPS) is 29.4. The van der Waals surface area contributed by atoms with Crippen molar-refractivity contribution in [3.8, 4) is 22.9 Å². The fourth-order valence-corrected chi connectivity index (χ4v) is 10.3. The van der Waals surface area contributed by atoms with E-state index < -0.39 is 23.1 Å². The second-order valence-corrected chi connectivity index (χ2v) is 15.5. The van der Waals surface area contributed by atoms with Crippen LogP contribution in [-0.4, -0.2) is 101 Å². The summed E-state index contributed by atoms with van der Waals surface area (Å²) < 4.78 is 51.4. The molecule has 0 amide bonds. The Labute approximate surface area is 287 Å². The van der Waals surface area contributed by atoms with Crippen molar-refractivity contribution in [2.75, 3.05) is 51.5 Å². The molecule has 13 heteroatoms. The Morgan fingerprint density at radius 1 is 1.16 bits per heavy atom. The molecule has 1 spiro atoms. The first-order chi connectivity index (χ1) is 24.2. The molecule has 2 N–H and O–H groups in total. The van der Waals surface area contributed by atoms with Crippen molar-refractivity contribution < 1.29 is 28.1 Å². The molecule has 2 aromatic carbocycles. The Morgan fingerprint density at radius 2 is 2.04 bits per heavy atom. The number of rotatable bonds is 6. The zero-order valence-electron chi connectivity index (χ0n) is 28.0. The first-order valence-electron chi connectivity index (χ1n) is 17.8. The van der Waals surface area contributed by atoms with Crippen LogP contribution in [0.4, 0.5) is 14.6 Å². The number of fused-ring (bicyclic) bond motifs is 7. The van der Waals surface area contributed by atoms with Gasteiger partial charge in [-0.2, -0.15) is 9.97 Å². The Balaban J connectivity index is 1.16. The number of benzene rings is 2. The van der Waals surface area contributed by atoms with Crippen molar-refractivity contribution in [2.24, 2.45) is 5.41 Å². The minimum atomic E-state index is -0.953. The van der Waals surface area contributed by atoms with Gasteiger partial charge >= 0.3 is 6.01 Å². The number of halogens is 2. The van der Waals surface area contributed by atoms with Crippen molar-refractivity contribution in [3.63, 3.8) is 0 Å². The van der Waals surface area contributed by atoms with Gasteiger partial charge in [-0.05, 0) is 54.2 Å². The van der Waals surface area contributed by atoms with E-state index in [9.17, 15) is 14.3 Å². The number of piperazine rings is 1. The number of hydrogen-bond donors (Lipinski definition) is 2. The van der Waals surface area contributed by atoms with Gasteiger partial charge < -0.3 is 34.1 Å². The first kappa shape index (κ1) is 30.9. The summed E-state index contributed by atoms with van der Waals surface area (Å²) in [6.07, 6.45) is 2.87. The maximum Gasteiger partial charge on any atom is 0.319 e. The van der Waals surface area contributed by atoms with Crippen LogP contribution in [0.1, 0.15) is 37.7 Å². The van der Waals surface area contributed by atoms with Crippen LogP contribution in [0, 0.1) is 11.2 Å². The first-order valence-corrected chi connectivity index (χ1v) is 17.8. The van der Waals surface area contributed by atoms with Crippen molar-refractivity contribution in [1.82, 2.24) is 24.8 Å². The van der Waals surface area contributed by atoms with Crippen LogP contribution in [0.25, 0.3) is 32.9 Å².